The van der Waals surface area contributed by atoms with Crippen molar-refractivity contribution in [3.63, 3.8) is 0 Å². The molecule has 2 aliphatic heterocycles. The number of thioether (sulfide) groups is 1. The Morgan fingerprint density at radius 1 is 1.43 bits per heavy atom. The first-order chi connectivity index (χ1) is 12.9. The van der Waals surface area contributed by atoms with Crippen molar-refractivity contribution in [2.75, 3.05) is 18.9 Å². The molecule has 12 heteroatoms. The molecular formula is C16H29N3O7S2. The largest absolute Gasteiger partial charge is 0.421 e. The van der Waals surface area contributed by atoms with E-state index in [0.29, 0.717) is 25.0 Å². The number of carbonyl (C=O) groups is 2. The number of aliphatic hydroxyl groups is 1. The van der Waals surface area contributed by atoms with Crippen LogP contribution >= 0.6 is 11.8 Å². The maximum Gasteiger partial charge on any atom is 0.421 e. The Hall–Kier alpha value is -0.920. The minimum Gasteiger partial charge on any atom is -0.377 e. The highest BCUT2D eigenvalue weighted by atomic mass is 32.3. The molecule has 2 amide bonds. The molecule has 2 heterocycles. The standard InChI is InChI=1S/C16H29N3O7S2/c1-11(20)27-8-4-7-16(2,3)10-25-28(23,24)26-19-12-5-6-13(14(17)21)18(9-12)15(19)22/h12-14,21H,4-10,17H2,1-3H3/t12-,13+,14?/m1/s1. The van der Waals surface area contributed by atoms with E-state index in [4.69, 9.17) is 14.2 Å². The maximum absolute atomic E-state index is 12.4. The van der Waals surface area contributed by atoms with Crippen LogP contribution in [-0.4, -0.2) is 71.8 Å². The number of nitrogens with zero attached hydrogens (tertiary/aromatic N) is 2. The highest BCUT2D eigenvalue weighted by molar-refractivity contribution is 8.13. The lowest BCUT2D eigenvalue weighted by Gasteiger charge is -2.31. The fourth-order valence-corrected chi connectivity index (χ4v) is 4.77. The van der Waals surface area contributed by atoms with E-state index in [1.807, 2.05) is 13.8 Å². The number of hydrogen-bond acceptors (Lipinski definition) is 9. The highest BCUT2D eigenvalue weighted by Crippen LogP contribution is 2.32. The molecule has 2 saturated heterocycles. The van der Waals surface area contributed by atoms with Crippen molar-refractivity contribution in [2.24, 2.45) is 11.1 Å². The second kappa shape index (κ2) is 9.26. The molecule has 0 aromatic carbocycles. The molecule has 3 N–H and O–H groups in total. The fourth-order valence-electron chi connectivity index (χ4n) is 3.31. The number of urea groups is 1. The van der Waals surface area contributed by atoms with E-state index in [1.165, 1.54) is 23.6 Å². The van der Waals surface area contributed by atoms with Crippen LogP contribution in [0.3, 0.4) is 0 Å². The van der Waals surface area contributed by atoms with Gasteiger partial charge in [0.05, 0.1) is 18.7 Å². The van der Waals surface area contributed by atoms with E-state index in [-0.39, 0.29) is 18.3 Å². The molecule has 3 atom stereocenters. The van der Waals surface area contributed by atoms with E-state index in [0.717, 1.165) is 11.5 Å². The summed E-state index contributed by atoms with van der Waals surface area (Å²) in [6, 6.07) is -1.64. The molecular weight excluding hydrogens is 410 g/mol. The van der Waals surface area contributed by atoms with E-state index < -0.39 is 40.2 Å². The molecule has 0 aliphatic carbocycles. The zero-order valence-corrected chi connectivity index (χ0v) is 18.0. The van der Waals surface area contributed by atoms with Crippen LogP contribution in [0.15, 0.2) is 0 Å². The van der Waals surface area contributed by atoms with Gasteiger partial charge in [0, 0.05) is 19.2 Å². The minimum atomic E-state index is -4.43. The van der Waals surface area contributed by atoms with Crippen molar-refractivity contribution in [2.45, 2.75) is 64.8 Å². The summed E-state index contributed by atoms with van der Waals surface area (Å²) in [6.07, 6.45) is 1.14. The van der Waals surface area contributed by atoms with E-state index in [2.05, 4.69) is 0 Å². The number of carbonyl (C=O) groups excluding carboxylic acids is 2. The average molecular weight is 440 g/mol. The van der Waals surface area contributed by atoms with Crippen LogP contribution in [0.25, 0.3) is 0 Å². The number of aliphatic hydroxyl groups excluding tert-OH is 1. The summed E-state index contributed by atoms with van der Waals surface area (Å²) in [6.45, 7) is 5.35. The second-order valence-corrected chi connectivity index (χ2v) is 10.4. The predicted octanol–water partition coefficient (Wildman–Crippen LogP) is 0.811. The maximum atomic E-state index is 12.4. The van der Waals surface area contributed by atoms with Gasteiger partial charge in [-0.3, -0.25) is 4.79 Å². The van der Waals surface area contributed by atoms with Gasteiger partial charge in [-0.25, -0.2) is 8.98 Å². The Morgan fingerprint density at radius 2 is 2.11 bits per heavy atom. The van der Waals surface area contributed by atoms with Gasteiger partial charge in [0.15, 0.2) is 5.12 Å². The summed E-state index contributed by atoms with van der Waals surface area (Å²) in [4.78, 5) is 24.7. The molecule has 0 aromatic rings. The lowest BCUT2D eigenvalue weighted by atomic mass is 9.89. The molecule has 0 aromatic heterocycles. The SMILES string of the molecule is CC(=O)SCCCC(C)(C)COS(=O)(=O)ON1C(=O)N2C[C@H]1CC[C@H]2C(N)O. The van der Waals surface area contributed by atoms with Crippen molar-refractivity contribution in [1.29, 1.82) is 0 Å². The molecule has 0 saturated carbocycles. The van der Waals surface area contributed by atoms with Gasteiger partial charge < -0.3 is 15.7 Å². The van der Waals surface area contributed by atoms with Gasteiger partial charge in [-0.1, -0.05) is 25.6 Å². The van der Waals surface area contributed by atoms with E-state index >= 15 is 0 Å². The lowest BCUT2D eigenvalue weighted by molar-refractivity contribution is -0.109. The molecule has 162 valence electrons. The fraction of sp³-hybridized carbons (Fsp3) is 0.875. The van der Waals surface area contributed by atoms with Crippen LogP contribution in [0, 0.1) is 5.41 Å². The topological polar surface area (TPSA) is 139 Å². The summed E-state index contributed by atoms with van der Waals surface area (Å²) in [7, 11) is -4.43. The number of hydroxylamine groups is 2. The summed E-state index contributed by atoms with van der Waals surface area (Å²) in [5, 5.41) is 10.4. The van der Waals surface area contributed by atoms with E-state index in [1.54, 1.807) is 0 Å². The second-order valence-electron chi connectivity index (χ2n) is 7.90. The molecule has 2 rings (SSSR count). The smallest absolute Gasteiger partial charge is 0.377 e. The van der Waals surface area contributed by atoms with Crippen molar-refractivity contribution in [3.05, 3.63) is 0 Å². The van der Waals surface area contributed by atoms with Crippen LogP contribution in [0.5, 0.6) is 0 Å². The first-order valence-corrected chi connectivity index (χ1v) is 11.5. The summed E-state index contributed by atoms with van der Waals surface area (Å²) in [5.41, 5.74) is 5.04. The number of nitrogens with two attached hydrogens (primary N) is 1. The molecule has 2 fully saturated rings. The Bertz CT molecular complexity index is 684. The van der Waals surface area contributed by atoms with Crippen LogP contribution in [0.4, 0.5) is 4.79 Å². The minimum absolute atomic E-state index is 0.0469. The van der Waals surface area contributed by atoms with Gasteiger partial charge >= 0.3 is 16.4 Å². The average Bonchev–Trinajstić information content (AvgIpc) is 2.81. The predicted molar refractivity (Wildman–Crippen MR) is 103 cm³/mol. The summed E-state index contributed by atoms with van der Waals surface area (Å²) in [5.74, 6) is 0.663. The zero-order chi connectivity index (χ0) is 21.1. The molecule has 28 heavy (non-hydrogen) atoms. The monoisotopic (exact) mass is 439 g/mol. The van der Waals surface area contributed by atoms with Gasteiger partial charge in [-0.2, -0.15) is 13.5 Å². The van der Waals surface area contributed by atoms with Gasteiger partial charge in [0.1, 0.15) is 6.23 Å². The van der Waals surface area contributed by atoms with Crippen molar-refractivity contribution < 1.29 is 31.6 Å². The quantitative estimate of drug-likeness (QED) is 0.374. The molecule has 0 radical (unpaired) electrons. The zero-order valence-electron chi connectivity index (χ0n) is 16.4. The third-order valence-corrected chi connectivity index (χ3v) is 6.48. The molecule has 1 unspecified atom stereocenters. The number of hydrogen-bond donors (Lipinski definition) is 2. The lowest BCUT2D eigenvalue weighted by Crippen LogP contribution is -2.50. The normalized spacial score (nSPS) is 24.0. The Balaban J connectivity index is 1.86. The van der Waals surface area contributed by atoms with Crippen molar-refractivity contribution in [1.82, 2.24) is 9.96 Å². The highest BCUT2D eigenvalue weighted by Gasteiger charge is 2.48. The van der Waals surface area contributed by atoms with Gasteiger partial charge in [-0.15, -0.1) is 4.28 Å². The van der Waals surface area contributed by atoms with Gasteiger partial charge in [0.2, 0.25) is 0 Å². The third-order valence-electron chi connectivity index (χ3n) is 4.83. The van der Waals surface area contributed by atoms with Crippen LogP contribution in [0.1, 0.15) is 46.5 Å². The first-order valence-electron chi connectivity index (χ1n) is 9.18. The Labute approximate surface area is 170 Å². The van der Waals surface area contributed by atoms with Crippen LogP contribution in [0.2, 0.25) is 0 Å². The Kier molecular flexibility index (Phi) is 7.73. The van der Waals surface area contributed by atoms with Crippen LogP contribution in [-0.2, 0) is 23.7 Å². The molecule has 2 aliphatic rings. The van der Waals surface area contributed by atoms with E-state index in [9.17, 15) is 23.1 Å². The third kappa shape index (κ3) is 6.29. The molecule has 0 spiro atoms. The van der Waals surface area contributed by atoms with Crippen molar-refractivity contribution >= 4 is 33.3 Å². The van der Waals surface area contributed by atoms with Gasteiger partial charge in [0.25, 0.3) is 0 Å². The van der Waals surface area contributed by atoms with Gasteiger partial charge in [-0.05, 0) is 31.1 Å². The number of amides is 2. The summed E-state index contributed by atoms with van der Waals surface area (Å²) >= 11 is 1.23. The van der Waals surface area contributed by atoms with Crippen LogP contribution < -0.4 is 5.73 Å². The first kappa shape index (κ1) is 23.4. The Morgan fingerprint density at radius 3 is 2.71 bits per heavy atom. The number of piperidine rings is 1. The molecule has 2 bridgehead atoms. The number of fused-ring (bicyclic) bond motifs is 2. The molecule has 10 nitrogen and oxygen atoms in total. The number of rotatable bonds is 10. The summed E-state index contributed by atoms with van der Waals surface area (Å²) < 4.78 is 34.4. The van der Waals surface area contributed by atoms with Crippen molar-refractivity contribution in [3.8, 4) is 0 Å².